The van der Waals surface area contributed by atoms with E-state index in [1.165, 1.54) is 0 Å². The summed E-state index contributed by atoms with van der Waals surface area (Å²) in [6.45, 7) is 2.22. The molecule has 2 rings (SSSR count). The van der Waals surface area contributed by atoms with Crippen LogP contribution in [0.2, 0.25) is 0 Å². The molecule has 82 valence electrons. The summed E-state index contributed by atoms with van der Waals surface area (Å²) in [6.07, 6.45) is 1.70. The molecule has 0 saturated heterocycles. The lowest BCUT2D eigenvalue weighted by atomic mass is 10.1. The maximum Gasteiger partial charge on any atom is 0.184 e. The molecule has 0 fully saturated rings. The second kappa shape index (κ2) is 4.61. The van der Waals surface area contributed by atoms with Gasteiger partial charge in [-0.15, -0.1) is 0 Å². The highest BCUT2D eigenvalue weighted by molar-refractivity contribution is 9.10. The van der Waals surface area contributed by atoms with Gasteiger partial charge in [0.15, 0.2) is 5.78 Å². The van der Waals surface area contributed by atoms with E-state index in [-0.39, 0.29) is 5.78 Å². The van der Waals surface area contributed by atoms with Gasteiger partial charge in [-0.3, -0.25) is 9.48 Å². The summed E-state index contributed by atoms with van der Waals surface area (Å²) >= 11 is 3.34. The summed E-state index contributed by atoms with van der Waals surface area (Å²) in [5.41, 5.74) is 1.70. The van der Waals surface area contributed by atoms with E-state index in [2.05, 4.69) is 21.0 Å². The predicted molar refractivity (Wildman–Crippen MR) is 65.4 cm³/mol. The van der Waals surface area contributed by atoms with Crippen molar-refractivity contribution in [2.45, 2.75) is 13.5 Å². The third-order valence-electron chi connectivity index (χ3n) is 2.39. The summed E-state index contributed by atoms with van der Waals surface area (Å²) in [5, 5.41) is 4.09. The van der Waals surface area contributed by atoms with E-state index in [4.69, 9.17) is 0 Å². The van der Waals surface area contributed by atoms with Crippen molar-refractivity contribution in [3.05, 3.63) is 52.3 Å². The number of aromatic nitrogens is 2. The normalized spacial score (nSPS) is 10.4. The topological polar surface area (TPSA) is 34.9 Å². The Hall–Kier alpha value is -1.42. The van der Waals surface area contributed by atoms with Crippen molar-refractivity contribution in [1.29, 1.82) is 0 Å². The minimum absolute atomic E-state index is 0.0688. The van der Waals surface area contributed by atoms with E-state index in [1.807, 2.05) is 37.3 Å². The second-order valence-corrected chi connectivity index (χ2v) is 4.48. The van der Waals surface area contributed by atoms with Crippen LogP contribution in [0.1, 0.15) is 16.1 Å². The summed E-state index contributed by atoms with van der Waals surface area (Å²) < 4.78 is 2.67. The average Bonchev–Trinajstić information content (AvgIpc) is 2.65. The Labute approximate surface area is 102 Å². The van der Waals surface area contributed by atoms with Gasteiger partial charge in [0, 0.05) is 21.9 Å². The zero-order valence-corrected chi connectivity index (χ0v) is 10.4. The zero-order chi connectivity index (χ0) is 11.5. The molecule has 3 nitrogen and oxygen atoms in total. The third kappa shape index (κ3) is 2.39. The summed E-state index contributed by atoms with van der Waals surface area (Å²) in [7, 11) is 0. The highest BCUT2D eigenvalue weighted by atomic mass is 79.9. The Kier molecular flexibility index (Phi) is 3.19. The quantitative estimate of drug-likeness (QED) is 0.810. The fourth-order valence-electron chi connectivity index (χ4n) is 1.43. The number of ketones is 1. The van der Waals surface area contributed by atoms with Crippen LogP contribution in [0.15, 0.2) is 41.0 Å². The molecule has 1 aromatic carbocycles. The van der Waals surface area contributed by atoms with E-state index in [0.717, 1.165) is 10.2 Å². The first-order chi connectivity index (χ1) is 7.66. The molecule has 0 spiro atoms. The maximum absolute atomic E-state index is 11.9. The van der Waals surface area contributed by atoms with Gasteiger partial charge in [-0.25, -0.2) is 0 Å². The molecular weight excluding hydrogens is 268 g/mol. The first-order valence-corrected chi connectivity index (χ1v) is 5.73. The molecule has 0 atom stereocenters. The highest BCUT2D eigenvalue weighted by Gasteiger charge is 2.07. The van der Waals surface area contributed by atoms with Crippen molar-refractivity contribution in [2.75, 3.05) is 0 Å². The van der Waals surface area contributed by atoms with Gasteiger partial charge in [0.1, 0.15) is 6.54 Å². The molecular formula is C12H11BrN2O. The monoisotopic (exact) mass is 278 g/mol. The van der Waals surface area contributed by atoms with Crippen molar-refractivity contribution in [1.82, 2.24) is 9.78 Å². The van der Waals surface area contributed by atoms with Gasteiger partial charge in [-0.2, -0.15) is 5.10 Å². The Bertz CT molecular complexity index is 502. The van der Waals surface area contributed by atoms with Crippen LogP contribution in [-0.2, 0) is 6.54 Å². The number of carbonyl (C=O) groups excluding carboxylic acids is 1. The molecule has 0 unspecified atom stereocenters. The van der Waals surface area contributed by atoms with Gasteiger partial charge in [-0.05, 0) is 25.1 Å². The maximum atomic E-state index is 11.9. The van der Waals surface area contributed by atoms with E-state index in [1.54, 1.807) is 10.9 Å². The van der Waals surface area contributed by atoms with Gasteiger partial charge < -0.3 is 0 Å². The minimum atomic E-state index is 0.0688. The van der Waals surface area contributed by atoms with Crippen LogP contribution in [-0.4, -0.2) is 15.6 Å². The summed E-state index contributed by atoms with van der Waals surface area (Å²) in [6, 6.07) is 9.23. The number of aryl methyl sites for hydroxylation is 1. The van der Waals surface area contributed by atoms with Gasteiger partial charge in [0.05, 0.1) is 0 Å². The molecule has 0 amide bonds. The number of benzene rings is 1. The van der Waals surface area contributed by atoms with Gasteiger partial charge in [0.2, 0.25) is 0 Å². The number of hydrogen-bond donors (Lipinski definition) is 0. The molecule has 2 aromatic rings. The molecule has 0 aliphatic rings. The fraction of sp³-hybridized carbons (Fsp3) is 0.167. The summed E-state index contributed by atoms with van der Waals surface area (Å²) in [4.78, 5) is 11.9. The minimum Gasteiger partial charge on any atom is -0.292 e. The van der Waals surface area contributed by atoms with E-state index in [0.29, 0.717) is 12.1 Å². The molecule has 0 radical (unpaired) electrons. The van der Waals surface area contributed by atoms with E-state index in [9.17, 15) is 4.79 Å². The summed E-state index contributed by atoms with van der Waals surface area (Å²) in [5.74, 6) is 0.0688. The fourth-order valence-corrected chi connectivity index (χ4v) is 1.69. The number of hydrogen-bond acceptors (Lipinski definition) is 2. The molecule has 0 saturated carbocycles. The van der Waals surface area contributed by atoms with Crippen LogP contribution in [0.5, 0.6) is 0 Å². The molecule has 16 heavy (non-hydrogen) atoms. The lowest BCUT2D eigenvalue weighted by molar-refractivity contribution is 0.0967. The van der Waals surface area contributed by atoms with Crippen LogP contribution in [0.3, 0.4) is 0 Å². The van der Waals surface area contributed by atoms with Gasteiger partial charge >= 0.3 is 0 Å². The molecule has 0 aliphatic carbocycles. The van der Waals surface area contributed by atoms with Crippen LogP contribution in [0.4, 0.5) is 0 Å². The standard InChI is InChI=1S/C12H11BrN2O/c1-9-6-7-14-15(9)8-12(16)10-2-4-11(13)5-3-10/h2-7H,8H2,1H3. The zero-order valence-electron chi connectivity index (χ0n) is 8.85. The van der Waals surface area contributed by atoms with Crippen molar-refractivity contribution >= 4 is 21.7 Å². The van der Waals surface area contributed by atoms with E-state index >= 15 is 0 Å². The van der Waals surface area contributed by atoms with Crippen molar-refractivity contribution in [3.63, 3.8) is 0 Å². The van der Waals surface area contributed by atoms with Crippen LogP contribution >= 0.6 is 15.9 Å². The Morgan fingerprint density at radius 1 is 1.31 bits per heavy atom. The number of rotatable bonds is 3. The number of carbonyl (C=O) groups is 1. The first kappa shape index (κ1) is 11.1. The Morgan fingerprint density at radius 3 is 2.56 bits per heavy atom. The van der Waals surface area contributed by atoms with Crippen molar-refractivity contribution in [2.24, 2.45) is 0 Å². The largest absolute Gasteiger partial charge is 0.292 e. The highest BCUT2D eigenvalue weighted by Crippen LogP contribution is 2.11. The SMILES string of the molecule is Cc1ccnn1CC(=O)c1ccc(Br)cc1. The molecule has 1 aromatic heterocycles. The molecule has 0 bridgehead atoms. The number of Topliss-reactive ketones (excluding diaryl/α,β-unsaturated/α-hetero) is 1. The third-order valence-corrected chi connectivity index (χ3v) is 2.92. The molecule has 0 N–H and O–H groups in total. The van der Waals surface area contributed by atoms with E-state index < -0.39 is 0 Å². The van der Waals surface area contributed by atoms with Gasteiger partial charge in [-0.1, -0.05) is 28.1 Å². The molecule has 4 heteroatoms. The van der Waals surface area contributed by atoms with Gasteiger partial charge in [0.25, 0.3) is 0 Å². The lowest BCUT2D eigenvalue weighted by Crippen LogP contribution is -2.12. The lowest BCUT2D eigenvalue weighted by Gasteiger charge is -2.03. The second-order valence-electron chi connectivity index (χ2n) is 3.56. The number of nitrogens with zero attached hydrogens (tertiary/aromatic N) is 2. The number of halogens is 1. The Balaban J connectivity index is 2.15. The first-order valence-electron chi connectivity index (χ1n) is 4.94. The van der Waals surface area contributed by atoms with Crippen LogP contribution < -0.4 is 0 Å². The predicted octanol–water partition coefficient (Wildman–Crippen LogP) is 2.84. The molecule has 1 heterocycles. The van der Waals surface area contributed by atoms with Crippen molar-refractivity contribution < 1.29 is 4.79 Å². The Morgan fingerprint density at radius 2 is 2.00 bits per heavy atom. The smallest absolute Gasteiger partial charge is 0.184 e. The van der Waals surface area contributed by atoms with Crippen molar-refractivity contribution in [3.8, 4) is 0 Å². The van der Waals surface area contributed by atoms with Crippen LogP contribution in [0, 0.1) is 6.92 Å². The average molecular weight is 279 g/mol. The van der Waals surface area contributed by atoms with Crippen LogP contribution in [0.25, 0.3) is 0 Å². The molecule has 0 aliphatic heterocycles.